The molecule has 1 saturated carbocycles. The van der Waals surface area contributed by atoms with Crippen molar-refractivity contribution in [3.8, 4) is 11.5 Å². The third kappa shape index (κ3) is 3.35. The van der Waals surface area contributed by atoms with Crippen molar-refractivity contribution in [2.45, 2.75) is 25.4 Å². The highest BCUT2D eigenvalue weighted by atomic mass is 79.9. The number of benzene rings is 1. The Kier molecular flexibility index (Phi) is 3.98. The highest BCUT2D eigenvalue weighted by Crippen LogP contribution is 2.31. The molecule has 104 valence electrons. The van der Waals surface area contributed by atoms with Crippen molar-refractivity contribution < 1.29 is 9.13 Å². The molecule has 0 spiro atoms. The van der Waals surface area contributed by atoms with Crippen molar-refractivity contribution in [1.29, 1.82) is 0 Å². The van der Waals surface area contributed by atoms with E-state index < -0.39 is 0 Å². The molecule has 0 saturated heterocycles. The minimum Gasteiger partial charge on any atom is -0.454 e. The lowest BCUT2D eigenvalue weighted by molar-refractivity contribution is 0.465. The van der Waals surface area contributed by atoms with E-state index in [1.807, 2.05) is 6.07 Å². The zero-order valence-corrected chi connectivity index (χ0v) is 12.4. The Morgan fingerprint density at radius 1 is 1.30 bits per heavy atom. The summed E-state index contributed by atoms with van der Waals surface area (Å²) in [6.07, 6.45) is 5.91. The van der Waals surface area contributed by atoms with E-state index in [0.29, 0.717) is 22.0 Å². The van der Waals surface area contributed by atoms with Gasteiger partial charge in [-0.1, -0.05) is 0 Å². The van der Waals surface area contributed by atoms with Crippen LogP contribution in [0.25, 0.3) is 0 Å². The third-order valence-electron chi connectivity index (χ3n) is 3.14. The minimum atomic E-state index is -0.300. The Hall–Kier alpha value is -1.46. The summed E-state index contributed by atoms with van der Waals surface area (Å²) in [6, 6.07) is 6.92. The molecular weight excluding hydrogens is 323 g/mol. The van der Waals surface area contributed by atoms with Crippen LogP contribution in [0.3, 0.4) is 0 Å². The maximum atomic E-state index is 13.1. The molecule has 1 aromatic carbocycles. The van der Waals surface area contributed by atoms with Crippen molar-refractivity contribution in [3.05, 3.63) is 52.5 Å². The van der Waals surface area contributed by atoms with Crippen LogP contribution in [-0.2, 0) is 6.54 Å². The molecule has 3 nitrogen and oxygen atoms in total. The molecule has 1 fully saturated rings. The predicted molar refractivity (Wildman–Crippen MR) is 78.3 cm³/mol. The van der Waals surface area contributed by atoms with Crippen LogP contribution in [0.4, 0.5) is 4.39 Å². The van der Waals surface area contributed by atoms with Gasteiger partial charge in [-0.15, -0.1) is 0 Å². The molecular formula is C15H14BrFN2O. The van der Waals surface area contributed by atoms with Crippen LogP contribution in [0.2, 0.25) is 0 Å². The topological polar surface area (TPSA) is 34.1 Å². The van der Waals surface area contributed by atoms with E-state index in [1.54, 1.807) is 18.5 Å². The fraction of sp³-hybridized carbons (Fsp3) is 0.267. The van der Waals surface area contributed by atoms with E-state index in [2.05, 4.69) is 26.2 Å². The Morgan fingerprint density at radius 3 is 2.90 bits per heavy atom. The number of aromatic nitrogens is 1. The van der Waals surface area contributed by atoms with E-state index in [0.717, 1.165) is 12.1 Å². The summed E-state index contributed by atoms with van der Waals surface area (Å²) < 4.78 is 19.5. The molecule has 1 aromatic heterocycles. The van der Waals surface area contributed by atoms with Crippen molar-refractivity contribution in [1.82, 2.24) is 10.3 Å². The number of nitrogens with zero attached hydrogens (tertiary/aromatic N) is 1. The Bertz CT molecular complexity index is 617. The van der Waals surface area contributed by atoms with Crippen molar-refractivity contribution in [2.75, 3.05) is 0 Å². The number of halogens is 2. The van der Waals surface area contributed by atoms with Gasteiger partial charge in [0.1, 0.15) is 17.3 Å². The van der Waals surface area contributed by atoms with E-state index in [4.69, 9.17) is 4.74 Å². The second-order valence-corrected chi connectivity index (χ2v) is 5.67. The van der Waals surface area contributed by atoms with E-state index >= 15 is 0 Å². The first kappa shape index (κ1) is 13.5. The largest absolute Gasteiger partial charge is 0.454 e. The van der Waals surface area contributed by atoms with Crippen LogP contribution in [0.5, 0.6) is 11.5 Å². The summed E-state index contributed by atoms with van der Waals surface area (Å²) >= 11 is 3.30. The monoisotopic (exact) mass is 336 g/mol. The van der Waals surface area contributed by atoms with Crippen molar-refractivity contribution >= 4 is 15.9 Å². The van der Waals surface area contributed by atoms with Gasteiger partial charge in [0.25, 0.3) is 0 Å². The summed E-state index contributed by atoms with van der Waals surface area (Å²) in [5.41, 5.74) is 1.04. The first-order chi connectivity index (χ1) is 9.72. The van der Waals surface area contributed by atoms with Crippen LogP contribution < -0.4 is 10.1 Å². The van der Waals surface area contributed by atoms with Gasteiger partial charge >= 0.3 is 0 Å². The highest BCUT2D eigenvalue weighted by Gasteiger charge is 2.20. The molecule has 1 aliphatic carbocycles. The zero-order valence-electron chi connectivity index (χ0n) is 10.8. The number of hydrogen-bond acceptors (Lipinski definition) is 3. The van der Waals surface area contributed by atoms with E-state index in [-0.39, 0.29) is 5.82 Å². The lowest BCUT2D eigenvalue weighted by Crippen LogP contribution is -2.15. The molecule has 0 amide bonds. The summed E-state index contributed by atoms with van der Waals surface area (Å²) in [6.45, 7) is 0.751. The summed E-state index contributed by atoms with van der Waals surface area (Å²) in [5.74, 6) is 0.964. The van der Waals surface area contributed by atoms with Gasteiger partial charge in [0.15, 0.2) is 0 Å². The molecule has 0 radical (unpaired) electrons. The van der Waals surface area contributed by atoms with E-state index in [9.17, 15) is 4.39 Å². The van der Waals surface area contributed by atoms with Crippen LogP contribution in [0.15, 0.2) is 41.1 Å². The molecule has 0 unspecified atom stereocenters. The number of pyridine rings is 1. The molecule has 1 aliphatic rings. The smallest absolute Gasteiger partial charge is 0.150 e. The molecule has 0 bridgehead atoms. The first-order valence-electron chi connectivity index (χ1n) is 6.51. The number of nitrogens with one attached hydrogen (secondary N) is 1. The normalized spacial score (nSPS) is 14.3. The Morgan fingerprint density at radius 2 is 2.15 bits per heavy atom. The quantitative estimate of drug-likeness (QED) is 0.895. The number of hydrogen-bond donors (Lipinski definition) is 1. The lowest BCUT2D eigenvalue weighted by atomic mass is 10.2. The number of ether oxygens (including phenoxy) is 1. The molecule has 2 aromatic rings. The molecule has 0 aliphatic heterocycles. The van der Waals surface area contributed by atoms with Gasteiger partial charge in [-0.2, -0.15) is 0 Å². The van der Waals surface area contributed by atoms with E-state index in [1.165, 1.54) is 25.0 Å². The molecule has 5 heteroatoms. The van der Waals surface area contributed by atoms with Crippen LogP contribution in [-0.4, -0.2) is 11.0 Å². The standard InChI is InChI=1S/C15H14BrFN2O/c16-13-7-11(17)1-4-14(13)20-15-9-18-6-5-10(15)8-19-12-2-3-12/h1,4-7,9,12,19H,2-3,8H2. The average Bonchev–Trinajstić information content (AvgIpc) is 3.25. The van der Waals surface area contributed by atoms with Gasteiger partial charge in [0.2, 0.25) is 0 Å². The van der Waals surface area contributed by atoms with Crippen molar-refractivity contribution in [3.63, 3.8) is 0 Å². The fourth-order valence-electron chi connectivity index (χ4n) is 1.86. The maximum absolute atomic E-state index is 13.1. The van der Waals surface area contributed by atoms with Crippen LogP contribution in [0.1, 0.15) is 18.4 Å². The van der Waals surface area contributed by atoms with Gasteiger partial charge < -0.3 is 10.1 Å². The molecule has 0 atom stereocenters. The predicted octanol–water partition coefficient (Wildman–Crippen LogP) is 4.03. The SMILES string of the molecule is Fc1ccc(Oc2cnccc2CNC2CC2)c(Br)c1. The highest BCUT2D eigenvalue weighted by molar-refractivity contribution is 9.10. The third-order valence-corrected chi connectivity index (χ3v) is 3.76. The van der Waals surface area contributed by atoms with Crippen LogP contribution >= 0.6 is 15.9 Å². The zero-order chi connectivity index (χ0) is 13.9. The summed E-state index contributed by atoms with van der Waals surface area (Å²) in [7, 11) is 0. The van der Waals surface area contributed by atoms with Crippen molar-refractivity contribution in [2.24, 2.45) is 0 Å². The average molecular weight is 337 g/mol. The van der Waals surface area contributed by atoms with Gasteiger partial charge in [0.05, 0.1) is 10.7 Å². The van der Waals surface area contributed by atoms with Gasteiger partial charge in [-0.25, -0.2) is 4.39 Å². The molecule has 20 heavy (non-hydrogen) atoms. The summed E-state index contributed by atoms with van der Waals surface area (Å²) in [4.78, 5) is 4.09. The minimum absolute atomic E-state index is 0.300. The van der Waals surface area contributed by atoms with Gasteiger partial charge in [-0.3, -0.25) is 4.98 Å². The molecule has 1 N–H and O–H groups in total. The van der Waals surface area contributed by atoms with Crippen LogP contribution in [0, 0.1) is 5.82 Å². The second-order valence-electron chi connectivity index (χ2n) is 4.82. The Balaban J connectivity index is 1.78. The lowest BCUT2D eigenvalue weighted by Gasteiger charge is -2.12. The second kappa shape index (κ2) is 5.89. The van der Waals surface area contributed by atoms with Gasteiger partial charge in [0, 0.05) is 24.3 Å². The fourth-order valence-corrected chi connectivity index (χ4v) is 2.30. The molecule has 3 rings (SSSR count). The summed E-state index contributed by atoms with van der Waals surface area (Å²) in [5, 5.41) is 3.44. The first-order valence-corrected chi connectivity index (χ1v) is 7.31. The number of rotatable bonds is 5. The maximum Gasteiger partial charge on any atom is 0.150 e. The molecule has 1 heterocycles. The Labute approximate surface area is 125 Å². The van der Waals surface area contributed by atoms with Gasteiger partial charge in [-0.05, 0) is 53.0 Å².